The fourth-order valence-electron chi connectivity index (χ4n) is 3.91. The first-order chi connectivity index (χ1) is 17.0. The molecule has 1 unspecified atom stereocenters. The maximum atomic E-state index is 12.8. The minimum atomic E-state index is -0.171. The number of amides is 1. The summed E-state index contributed by atoms with van der Waals surface area (Å²) in [4.78, 5) is 12.8. The average Bonchev–Trinajstić information content (AvgIpc) is 3.51. The molecule has 1 atom stereocenters. The van der Waals surface area contributed by atoms with Gasteiger partial charge in [-0.1, -0.05) is 54.2 Å². The summed E-state index contributed by atoms with van der Waals surface area (Å²) in [7, 11) is 0. The number of nitrogens with one attached hydrogen (secondary N) is 1. The van der Waals surface area contributed by atoms with Gasteiger partial charge in [-0.15, -0.1) is 10.2 Å². The van der Waals surface area contributed by atoms with Crippen LogP contribution in [0.25, 0.3) is 17.1 Å². The lowest BCUT2D eigenvalue weighted by Gasteiger charge is -2.15. The Kier molecular flexibility index (Phi) is 6.46. The van der Waals surface area contributed by atoms with Crippen LogP contribution in [0.2, 0.25) is 0 Å². The molecule has 8 heteroatoms. The van der Waals surface area contributed by atoms with E-state index in [2.05, 4.69) is 47.6 Å². The summed E-state index contributed by atoms with van der Waals surface area (Å²) < 4.78 is 12.8. The minimum absolute atomic E-state index is 0.0870. The van der Waals surface area contributed by atoms with Gasteiger partial charge in [-0.05, 0) is 61.7 Å². The van der Waals surface area contributed by atoms with Crippen molar-refractivity contribution in [3.8, 4) is 28.6 Å². The SMILES string of the molecule is Cc1ccc(-n2c(SCC(=O)NC(C)c3ccc4c(c3)OCO4)nnc2-c2ccccc2)cc1C. The quantitative estimate of drug-likeness (QED) is 0.360. The summed E-state index contributed by atoms with van der Waals surface area (Å²) in [5, 5.41) is 12.6. The van der Waals surface area contributed by atoms with E-state index >= 15 is 0 Å². The summed E-state index contributed by atoms with van der Waals surface area (Å²) in [6, 6.07) is 21.8. The molecule has 3 aromatic carbocycles. The van der Waals surface area contributed by atoms with Gasteiger partial charge >= 0.3 is 0 Å². The third-order valence-corrected chi connectivity index (χ3v) is 6.95. The number of benzene rings is 3. The van der Waals surface area contributed by atoms with Crippen molar-refractivity contribution in [1.82, 2.24) is 20.1 Å². The van der Waals surface area contributed by atoms with Crippen LogP contribution in [0.3, 0.4) is 0 Å². The second-order valence-electron chi connectivity index (χ2n) is 8.47. The zero-order chi connectivity index (χ0) is 24.4. The molecule has 0 saturated carbocycles. The summed E-state index contributed by atoms with van der Waals surface area (Å²) in [6.45, 7) is 6.35. The van der Waals surface area contributed by atoms with E-state index in [0.29, 0.717) is 10.9 Å². The Morgan fingerprint density at radius 2 is 1.80 bits per heavy atom. The van der Waals surface area contributed by atoms with Crippen LogP contribution in [0.4, 0.5) is 0 Å². The summed E-state index contributed by atoms with van der Waals surface area (Å²) in [5.74, 6) is 2.30. The molecule has 178 valence electrons. The number of aryl methyl sites for hydroxylation is 2. The Morgan fingerprint density at radius 3 is 2.60 bits per heavy atom. The number of carbonyl (C=O) groups excluding carboxylic acids is 1. The van der Waals surface area contributed by atoms with Crippen LogP contribution in [-0.4, -0.2) is 33.2 Å². The molecule has 0 spiro atoms. The molecule has 1 aromatic heterocycles. The molecule has 7 nitrogen and oxygen atoms in total. The number of hydrogen-bond donors (Lipinski definition) is 1. The number of carbonyl (C=O) groups is 1. The van der Waals surface area contributed by atoms with Gasteiger partial charge in [0.25, 0.3) is 0 Å². The molecule has 2 heterocycles. The van der Waals surface area contributed by atoms with Crippen molar-refractivity contribution in [1.29, 1.82) is 0 Å². The van der Waals surface area contributed by atoms with Crippen LogP contribution in [0.1, 0.15) is 29.7 Å². The van der Waals surface area contributed by atoms with Crippen molar-refractivity contribution >= 4 is 17.7 Å². The lowest BCUT2D eigenvalue weighted by atomic mass is 10.1. The average molecular weight is 487 g/mol. The van der Waals surface area contributed by atoms with Crippen LogP contribution in [-0.2, 0) is 4.79 Å². The molecule has 1 N–H and O–H groups in total. The standard InChI is InChI=1S/C27H26N4O3S/c1-17-9-11-22(13-18(17)2)31-26(20-7-5-4-6-8-20)29-30-27(31)35-15-25(32)28-19(3)21-10-12-23-24(14-21)34-16-33-23/h4-14,19H,15-16H2,1-3H3,(H,28,32). The van der Waals surface area contributed by atoms with Gasteiger partial charge in [-0.3, -0.25) is 9.36 Å². The zero-order valence-corrected chi connectivity index (χ0v) is 20.6. The molecule has 1 aliphatic heterocycles. The fourth-order valence-corrected chi connectivity index (χ4v) is 4.68. The van der Waals surface area contributed by atoms with E-state index in [1.807, 2.05) is 60.0 Å². The highest BCUT2D eigenvalue weighted by Crippen LogP contribution is 2.34. The normalized spacial score (nSPS) is 13.0. The van der Waals surface area contributed by atoms with Gasteiger partial charge in [-0.25, -0.2) is 0 Å². The Morgan fingerprint density at radius 1 is 1.00 bits per heavy atom. The highest BCUT2D eigenvalue weighted by Gasteiger charge is 2.20. The van der Waals surface area contributed by atoms with Crippen molar-refractivity contribution in [3.63, 3.8) is 0 Å². The van der Waals surface area contributed by atoms with E-state index in [4.69, 9.17) is 9.47 Å². The predicted octanol–water partition coefficient (Wildman–Crippen LogP) is 5.25. The maximum absolute atomic E-state index is 12.8. The molecular weight excluding hydrogens is 460 g/mol. The molecular formula is C27H26N4O3S. The van der Waals surface area contributed by atoms with Gasteiger partial charge < -0.3 is 14.8 Å². The van der Waals surface area contributed by atoms with Crippen molar-refractivity contribution < 1.29 is 14.3 Å². The third-order valence-electron chi connectivity index (χ3n) is 6.02. The smallest absolute Gasteiger partial charge is 0.231 e. The van der Waals surface area contributed by atoms with Crippen molar-refractivity contribution in [2.45, 2.75) is 32.0 Å². The van der Waals surface area contributed by atoms with E-state index < -0.39 is 0 Å². The van der Waals surface area contributed by atoms with E-state index in [-0.39, 0.29) is 24.5 Å². The number of rotatable bonds is 7. The van der Waals surface area contributed by atoms with Gasteiger partial charge in [-0.2, -0.15) is 0 Å². The van der Waals surface area contributed by atoms with Gasteiger partial charge in [0, 0.05) is 5.56 Å². The van der Waals surface area contributed by atoms with Crippen LogP contribution >= 0.6 is 11.8 Å². The number of nitrogens with zero attached hydrogens (tertiary/aromatic N) is 3. The molecule has 1 amide bonds. The molecule has 4 aromatic rings. The van der Waals surface area contributed by atoms with E-state index in [1.165, 1.54) is 22.9 Å². The molecule has 1 aliphatic rings. The number of hydrogen-bond acceptors (Lipinski definition) is 6. The number of thioether (sulfide) groups is 1. The molecule has 0 bridgehead atoms. The first-order valence-corrected chi connectivity index (χ1v) is 12.4. The second kappa shape index (κ2) is 9.84. The molecule has 0 radical (unpaired) electrons. The van der Waals surface area contributed by atoms with E-state index in [0.717, 1.165) is 28.4 Å². The Hall–Kier alpha value is -3.78. The Labute approximate surface area is 208 Å². The first kappa shape index (κ1) is 23.0. The molecule has 0 aliphatic carbocycles. The summed E-state index contributed by atoms with van der Waals surface area (Å²) >= 11 is 1.37. The topological polar surface area (TPSA) is 78.3 Å². The van der Waals surface area contributed by atoms with E-state index in [1.54, 1.807) is 0 Å². The highest BCUT2D eigenvalue weighted by atomic mass is 32.2. The van der Waals surface area contributed by atoms with Gasteiger partial charge in [0.15, 0.2) is 22.5 Å². The van der Waals surface area contributed by atoms with E-state index in [9.17, 15) is 4.79 Å². The minimum Gasteiger partial charge on any atom is -0.454 e. The van der Waals surface area contributed by atoms with Gasteiger partial charge in [0.1, 0.15) is 0 Å². The third kappa shape index (κ3) is 4.88. The molecule has 35 heavy (non-hydrogen) atoms. The van der Waals surface area contributed by atoms with Crippen LogP contribution < -0.4 is 14.8 Å². The Balaban J connectivity index is 1.34. The van der Waals surface area contributed by atoms with Crippen molar-refractivity contribution in [2.75, 3.05) is 12.5 Å². The number of ether oxygens (including phenoxy) is 2. The van der Waals surface area contributed by atoms with Crippen molar-refractivity contribution in [2.24, 2.45) is 0 Å². The summed E-state index contributed by atoms with van der Waals surface area (Å²) in [5.41, 5.74) is 5.28. The number of aromatic nitrogens is 3. The van der Waals surface area contributed by atoms with Gasteiger partial charge in [0.05, 0.1) is 17.5 Å². The van der Waals surface area contributed by atoms with Gasteiger partial charge in [0.2, 0.25) is 12.7 Å². The predicted molar refractivity (Wildman–Crippen MR) is 136 cm³/mol. The molecule has 0 saturated heterocycles. The van der Waals surface area contributed by atoms with Crippen molar-refractivity contribution in [3.05, 3.63) is 83.4 Å². The molecule has 5 rings (SSSR count). The number of fused-ring (bicyclic) bond motifs is 1. The summed E-state index contributed by atoms with van der Waals surface area (Å²) in [6.07, 6.45) is 0. The van der Waals surface area contributed by atoms with Crippen LogP contribution in [0.15, 0.2) is 71.9 Å². The maximum Gasteiger partial charge on any atom is 0.231 e. The second-order valence-corrected chi connectivity index (χ2v) is 9.41. The largest absolute Gasteiger partial charge is 0.454 e. The fraction of sp³-hybridized carbons (Fsp3) is 0.222. The lowest BCUT2D eigenvalue weighted by molar-refractivity contribution is -0.119. The van der Waals surface area contributed by atoms with Crippen LogP contribution in [0, 0.1) is 13.8 Å². The Bertz CT molecular complexity index is 1370. The van der Waals surface area contributed by atoms with Crippen LogP contribution in [0.5, 0.6) is 11.5 Å². The zero-order valence-electron chi connectivity index (χ0n) is 19.8. The monoisotopic (exact) mass is 486 g/mol. The molecule has 0 fully saturated rings. The lowest BCUT2D eigenvalue weighted by Crippen LogP contribution is -2.28. The first-order valence-electron chi connectivity index (χ1n) is 11.4. The highest BCUT2D eigenvalue weighted by molar-refractivity contribution is 7.99.